The van der Waals surface area contributed by atoms with Gasteiger partial charge < -0.3 is 15.2 Å². The number of benzene rings is 1. The summed E-state index contributed by atoms with van der Waals surface area (Å²) in [6.45, 7) is 3.00. The molecular formula is C17H24N6O3S. The summed E-state index contributed by atoms with van der Waals surface area (Å²) in [4.78, 5) is 12.2. The van der Waals surface area contributed by atoms with Gasteiger partial charge in [-0.3, -0.25) is 0 Å². The number of sulfonamides is 1. The molecule has 1 aromatic heterocycles. The quantitative estimate of drug-likeness (QED) is 0.704. The van der Waals surface area contributed by atoms with Crippen LogP contribution in [-0.2, 0) is 29.5 Å². The first-order chi connectivity index (χ1) is 12.8. The van der Waals surface area contributed by atoms with Crippen molar-refractivity contribution in [2.24, 2.45) is 5.14 Å². The molecule has 146 valence electrons. The predicted molar refractivity (Wildman–Crippen MR) is 99.2 cm³/mol. The summed E-state index contributed by atoms with van der Waals surface area (Å²) in [5, 5.41) is 19.1. The van der Waals surface area contributed by atoms with Crippen LogP contribution < -0.4 is 15.8 Å². The molecule has 27 heavy (non-hydrogen) atoms. The number of amides is 2. The van der Waals surface area contributed by atoms with Gasteiger partial charge in [0.25, 0.3) is 0 Å². The van der Waals surface area contributed by atoms with Crippen LogP contribution in [0.2, 0.25) is 0 Å². The van der Waals surface area contributed by atoms with Crippen LogP contribution in [0.3, 0.4) is 0 Å². The standard InChI is InChI=1S/C17H24N6O3S/c1-12(13-6-8-14(9-7-13)27(18,25)26)20-17(24)19-11-16-22-21-15-5-3-2-4-10-23(15)16/h6-9,12H,2-5,10-11H2,1H3,(H2,18,25,26)(H2,19,20,24)/t12-/m1/s1. The van der Waals surface area contributed by atoms with E-state index in [1.54, 1.807) is 12.1 Å². The minimum absolute atomic E-state index is 0.0374. The van der Waals surface area contributed by atoms with Gasteiger partial charge in [0.1, 0.15) is 5.82 Å². The second-order valence-corrected chi connectivity index (χ2v) is 8.22. The average Bonchev–Trinajstić information content (AvgIpc) is 2.85. The SMILES string of the molecule is C[C@@H](NC(=O)NCc1nnc2n1CCCCC2)c1ccc(S(N)(=O)=O)cc1. The first-order valence-electron chi connectivity index (χ1n) is 8.92. The van der Waals surface area contributed by atoms with Crippen molar-refractivity contribution in [1.29, 1.82) is 0 Å². The second kappa shape index (κ2) is 8.05. The third-order valence-electron chi connectivity index (χ3n) is 4.65. The fourth-order valence-electron chi connectivity index (χ4n) is 3.11. The number of nitrogens with two attached hydrogens (primary N) is 1. The smallest absolute Gasteiger partial charge is 0.315 e. The van der Waals surface area contributed by atoms with Crippen molar-refractivity contribution in [3.05, 3.63) is 41.5 Å². The molecule has 0 unspecified atom stereocenters. The molecule has 3 rings (SSSR count). The van der Waals surface area contributed by atoms with Gasteiger partial charge in [0.2, 0.25) is 10.0 Å². The highest BCUT2D eigenvalue weighted by molar-refractivity contribution is 7.89. The molecule has 10 heteroatoms. The van der Waals surface area contributed by atoms with E-state index in [1.807, 2.05) is 6.92 Å². The van der Waals surface area contributed by atoms with E-state index >= 15 is 0 Å². The Kier molecular flexibility index (Phi) is 5.76. The minimum Gasteiger partial charge on any atom is -0.332 e. The van der Waals surface area contributed by atoms with E-state index in [0.717, 1.165) is 43.0 Å². The van der Waals surface area contributed by atoms with Crippen LogP contribution in [0.5, 0.6) is 0 Å². The fraction of sp³-hybridized carbons (Fsp3) is 0.471. The summed E-state index contributed by atoms with van der Waals surface area (Å²) >= 11 is 0. The van der Waals surface area contributed by atoms with E-state index in [4.69, 9.17) is 5.14 Å². The number of urea groups is 1. The van der Waals surface area contributed by atoms with Crippen molar-refractivity contribution < 1.29 is 13.2 Å². The number of carbonyl (C=O) groups excluding carboxylic acids is 1. The van der Waals surface area contributed by atoms with Crippen LogP contribution in [0.25, 0.3) is 0 Å². The van der Waals surface area contributed by atoms with E-state index in [1.165, 1.54) is 18.6 Å². The third kappa shape index (κ3) is 4.83. The number of carbonyl (C=O) groups is 1. The van der Waals surface area contributed by atoms with Crippen LogP contribution in [0.15, 0.2) is 29.2 Å². The number of hydrogen-bond donors (Lipinski definition) is 3. The molecule has 2 aromatic rings. The maximum Gasteiger partial charge on any atom is 0.315 e. The molecule has 1 aliphatic rings. The van der Waals surface area contributed by atoms with Crippen molar-refractivity contribution in [3.8, 4) is 0 Å². The molecule has 4 N–H and O–H groups in total. The van der Waals surface area contributed by atoms with Gasteiger partial charge in [0.05, 0.1) is 17.5 Å². The Balaban J connectivity index is 1.55. The van der Waals surface area contributed by atoms with Crippen LogP contribution in [0.4, 0.5) is 4.79 Å². The zero-order chi connectivity index (χ0) is 19.4. The maximum absolute atomic E-state index is 12.2. The number of hydrogen-bond acceptors (Lipinski definition) is 5. The highest BCUT2D eigenvalue weighted by atomic mass is 32.2. The van der Waals surface area contributed by atoms with Crippen molar-refractivity contribution in [2.45, 2.75) is 56.6 Å². The predicted octanol–water partition coefficient (Wildman–Crippen LogP) is 1.21. The van der Waals surface area contributed by atoms with Gasteiger partial charge in [-0.1, -0.05) is 18.6 Å². The van der Waals surface area contributed by atoms with E-state index in [2.05, 4.69) is 25.4 Å². The number of nitrogens with one attached hydrogen (secondary N) is 2. The van der Waals surface area contributed by atoms with Crippen LogP contribution in [-0.4, -0.2) is 29.2 Å². The van der Waals surface area contributed by atoms with Crippen molar-refractivity contribution in [1.82, 2.24) is 25.4 Å². The first-order valence-corrected chi connectivity index (χ1v) is 10.5. The number of nitrogens with zero attached hydrogens (tertiary/aromatic N) is 3. The normalized spacial score (nSPS) is 15.5. The molecule has 0 bridgehead atoms. The number of aromatic nitrogens is 3. The molecule has 0 spiro atoms. The number of primary sulfonamides is 1. The van der Waals surface area contributed by atoms with E-state index in [-0.39, 0.29) is 17.0 Å². The van der Waals surface area contributed by atoms with E-state index in [9.17, 15) is 13.2 Å². The highest BCUT2D eigenvalue weighted by Crippen LogP contribution is 2.16. The minimum atomic E-state index is -3.73. The topological polar surface area (TPSA) is 132 Å². The van der Waals surface area contributed by atoms with Crippen molar-refractivity contribution in [2.75, 3.05) is 0 Å². The van der Waals surface area contributed by atoms with Crippen LogP contribution >= 0.6 is 0 Å². The fourth-order valence-corrected chi connectivity index (χ4v) is 3.63. The van der Waals surface area contributed by atoms with Gasteiger partial charge in [-0.25, -0.2) is 18.4 Å². The lowest BCUT2D eigenvalue weighted by Crippen LogP contribution is -2.37. The van der Waals surface area contributed by atoms with Crippen LogP contribution in [0, 0.1) is 0 Å². The van der Waals surface area contributed by atoms with Gasteiger partial charge in [0, 0.05) is 13.0 Å². The Hall–Kier alpha value is -2.46. The second-order valence-electron chi connectivity index (χ2n) is 6.66. The van der Waals surface area contributed by atoms with Gasteiger partial charge in [-0.05, 0) is 37.5 Å². The van der Waals surface area contributed by atoms with E-state index in [0.29, 0.717) is 6.54 Å². The Morgan fingerprint density at radius 2 is 1.96 bits per heavy atom. The molecule has 0 saturated heterocycles. The lowest BCUT2D eigenvalue weighted by Gasteiger charge is -2.15. The third-order valence-corrected chi connectivity index (χ3v) is 5.58. The lowest BCUT2D eigenvalue weighted by atomic mass is 10.1. The number of fused-ring (bicyclic) bond motifs is 1. The summed E-state index contributed by atoms with van der Waals surface area (Å²) in [6.07, 6.45) is 4.31. The van der Waals surface area contributed by atoms with E-state index < -0.39 is 10.0 Å². The Morgan fingerprint density at radius 3 is 2.67 bits per heavy atom. The molecule has 1 aromatic carbocycles. The molecule has 0 saturated carbocycles. The number of rotatable bonds is 5. The summed E-state index contributed by atoms with van der Waals surface area (Å²) in [6, 6.07) is 5.48. The molecule has 0 fully saturated rings. The van der Waals surface area contributed by atoms with Gasteiger partial charge in [-0.15, -0.1) is 10.2 Å². The van der Waals surface area contributed by atoms with Gasteiger partial charge >= 0.3 is 6.03 Å². The molecule has 1 atom stereocenters. The molecule has 2 heterocycles. The molecule has 0 aliphatic carbocycles. The van der Waals surface area contributed by atoms with Crippen molar-refractivity contribution in [3.63, 3.8) is 0 Å². The summed E-state index contributed by atoms with van der Waals surface area (Å²) in [5.74, 6) is 1.74. The zero-order valence-electron chi connectivity index (χ0n) is 15.2. The Labute approximate surface area is 158 Å². The summed E-state index contributed by atoms with van der Waals surface area (Å²) < 4.78 is 24.7. The summed E-state index contributed by atoms with van der Waals surface area (Å²) in [7, 11) is -3.73. The number of aryl methyl sites for hydroxylation is 1. The lowest BCUT2D eigenvalue weighted by molar-refractivity contribution is 0.237. The molecular weight excluding hydrogens is 368 g/mol. The Bertz CT molecular complexity index is 907. The van der Waals surface area contributed by atoms with Crippen LogP contribution in [0.1, 0.15) is 49.4 Å². The molecule has 2 amide bonds. The Morgan fingerprint density at radius 1 is 1.22 bits per heavy atom. The first kappa shape index (κ1) is 19.3. The van der Waals surface area contributed by atoms with Crippen molar-refractivity contribution >= 4 is 16.1 Å². The highest BCUT2D eigenvalue weighted by Gasteiger charge is 2.16. The average molecular weight is 392 g/mol. The summed E-state index contributed by atoms with van der Waals surface area (Å²) in [5.41, 5.74) is 0.772. The zero-order valence-corrected chi connectivity index (χ0v) is 16.0. The molecule has 1 aliphatic heterocycles. The maximum atomic E-state index is 12.2. The van der Waals surface area contributed by atoms with Gasteiger partial charge in [0.15, 0.2) is 5.82 Å². The largest absolute Gasteiger partial charge is 0.332 e. The molecule has 9 nitrogen and oxygen atoms in total. The van der Waals surface area contributed by atoms with Gasteiger partial charge in [-0.2, -0.15) is 0 Å². The monoisotopic (exact) mass is 392 g/mol. The molecule has 0 radical (unpaired) electrons.